The van der Waals surface area contributed by atoms with Crippen LogP contribution in [0.25, 0.3) is 0 Å². The van der Waals surface area contributed by atoms with Gasteiger partial charge in [0.15, 0.2) is 0 Å². The number of rotatable bonds is 15. The van der Waals surface area contributed by atoms with Gasteiger partial charge in [-0.2, -0.15) is 4.39 Å². The van der Waals surface area contributed by atoms with Crippen LogP contribution in [0.5, 0.6) is 0 Å². The van der Waals surface area contributed by atoms with Crippen LogP contribution < -0.4 is 38.2 Å². The fourth-order valence-corrected chi connectivity index (χ4v) is 4.98. The molecule has 0 saturated carbocycles. The second kappa shape index (κ2) is 17.0. The third-order valence-corrected chi connectivity index (χ3v) is 7.46. The molecule has 0 unspecified atom stereocenters. The van der Waals surface area contributed by atoms with Crippen LogP contribution in [0.15, 0.2) is 52.6 Å². The largest absolute Gasteiger partial charge is 0.388 e. The molecule has 0 radical (unpaired) electrons. The number of halogens is 2. The Kier molecular flexibility index (Phi) is 13.1. The third kappa shape index (κ3) is 10.0. The number of aromatic amines is 1. The van der Waals surface area contributed by atoms with Gasteiger partial charge in [-0.25, -0.2) is 4.79 Å². The van der Waals surface area contributed by atoms with Crippen molar-refractivity contribution in [2.45, 2.75) is 38.6 Å². The first kappa shape index (κ1) is 38.5. The van der Waals surface area contributed by atoms with Crippen LogP contribution >= 0.6 is 12.4 Å². The van der Waals surface area contributed by atoms with E-state index >= 15 is 0 Å². The molecule has 4 aromatic rings. The van der Waals surface area contributed by atoms with E-state index in [1.54, 1.807) is 48.9 Å². The minimum Gasteiger partial charge on any atom is -0.388 e. The van der Waals surface area contributed by atoms with E-state index in [1.807, 2.05) is 4.98 Å². The zero-order chi connectivity index (χ0) is 35.8. The van der Waals surface area contributed by atoms with Gasteiger partial charge in [-0.1, -0.05) is 6.42 Å². The van der Waals surface area contributed by atoms with Crippen molar-refractivity contribution in [1.29, 1.82) is 5.41 Å². The Bertz CT molecular complexity index is 2020. The van der Waals surface area contributed by atoms with Crippen LogP contribution in [0.3, 0.4) is 0 Å². The zero-order valence-electron chi connectivity index (χ0n) is 27.6. The summed E-state index contributed by atoms with van der Waals surface area (Å²) in [4.78, 5) is 75.8. The summed E-state index contributed by atoms with van der Waals surface area (Å²) in [6.45, 7) is 0.398. The van der Waals surface area contributed by atoms with Crippen LogP contribution in [0.1, 0.15) is 63.6 Å². The second-order valence-electron chi connectivity index (χ2n) is 11.4. The maximum atomic E-state index is 13.4. The van der Waals surface area contributed by atoms with Gasteiger partial charge >= 0.3 is 5.69 Å². The van der Waals surface area contributed by atoms with E-state index in [0.29, 0.717) is 42.0 Å². The average Bonchev–Trinajstić information content (AvgIpc) is 3.70. The van der Waals surface area contributed by atoms with Crippen molar-refractivity contribution < 1.29 is 23.6 Å². The number of aromatic nitrogens is 5. The molecule has 0 aromatic carbocycles. The highest BCUT2D eigenvalue weighted by atomic mass is 35.5. The number of amides is 4. The molecular weight excluding hydrogens is 677 g/mol. The Morgan fingerprint density at radius 3 is 1.78 bits per heavy atom. The third-order valence-electron chi connectivity index (χ3n) is 7.46. The van der Waals surface area contributed by atoms with Gasteiger partial charge in [-0.3, -0.25) is 38.9 Å². The first-order chi connectivity index (χ1) is 23.2. The van der Waals surface area contributed by atoms with Crippen molar-refractivity contribution in [3.8, 4) is 0 Å². The topological polar surface area (TPSA) is 236 Å². The molecule has 0 fully saturated rings. The monoisotopic (exact) mass is 715 g/mol. The summed E-state index contributed by atoms with van der Waals surface area (Å²) in [6, 6.07) is 4.54. The summed E-state index contributed by atoms with van der Waals surface area (Å²) < 4.78 is 19.1. The predicted molar refractivity (Wildman–Crippen MR) is 187 cm³/mol. The van der Waals surface area contributed by atoms with Gasteiger partial charge in [-0.15, -0.1) is 12.4 Å². The number of nitrogens with zero attached hydrogens (tertiary/aromatic N) is 4. The number of hydrogen-bond acceptors (Lipinski definition) is 7. The van der Waals surface area contributed by atoms with Crippen LogP contribution in [0.4, 0.5) is 21.5 Å². The fourth-order valence-electron chi connectivity index (χ4n) is 4.98. The highest BCUT2D eigenvalue weighted by molar-refractivity contribution is 6.07. The zero-order valence-corrected chi connectivity index (χ0v) is 28.4. The van der Waals surface area contributed by atoms with E-state index < -0.39 is 28.9 Å². The van der Waals surface area contributed by atoms with Crippen LogP contribution in [-0.2, 0) is 32.5 Å². The van der Waals surface area contributed by atoms with Crippen LogP contribution in [0, 0.1) is 11.2 Å². The molecule has 4 aromatic heterocycles. The summed E-state index contributed by atoms with van der Waals surface area (Å²) >= 11 is 0. The minimum atomic E-state index is -1.07. The van der Waals surface area contributed by atoms with Gasteiger partial charge in [0.25, 0.3) is 23.3 Å². The molecule has 4 amide bonds. The molecule has 4 rings (SSSR count). The summed E-state index contributed by atoms with van der Waals surface area (Å²) in [5.74, 6) is -2.69. The lowest BCUT2D eigenvalue weighted by atomic mass is 10.2. The highest BCUT2D eigenvalue weighted by Gasteiger charge is 2.19. The molecule has 4 heterocycles. The highest BCUT2D eigenvalue weighted by Crippen LogP contribution is 2.20. The summed E-state index contributed by atoms with van der Waals surface area (Å²) in [5, 5.41) is 18.2. The molecule has 0 aliphatic heterocycles. The van der Waals surface area contributed by atoms with E-state index in [9.17, 15) is 33.2 Å². The molecule has 0 bridgehead atoms. The summed E-state index contributed by atoms with van der Waals surface area (Å²) in [6.07, 6.45) is 7.57. The number of unbranched alkanes of at least 4 members (excludes halogenated alkanes) is 2. The normalized spacial score (nSPS) is 10.6. The Labute approximate surface area is 290 Å². The molecule has 50 heavy (non-hydrogen) atoms. The molecule has 268 valence electrons. The average molecular weight is 716 g/mol. The first-order valence-corrected chi connectivity index (χ1v) is 15.2. The first-order valence-electron chi connectivity index (χ1n) is 15.2. The van der Waals surface area contributed by atoms with Crippen molar-refractivity contribution in [1.82, 2.24) is 28.6 Å². The van der Waals surface area contributed by atoms with E-state index in [0.717, 1.165) is 10.8 Å². The molecule has 0 spiro atoms. The number of carbonyl (C=O) groups excluding carboxylic acids is 4. The molecule has 0 aliphatic rings. The summed E-state index contributed by atoms with van der Waals surface area (Å²) in [7, 11) is 4.94. The van der Waals surface area contributed by atoms with Crippen molar-refractivity contribution in [2.75, 3.05) is 22.5 Å². The quantitative estimate of drug-likeness (QED) is 0.0548. The summed E-state index contributed by atoms with van der Waals surface area (Å²) in [5.41, 5.74) is 5.49. The lowest BCUT2D eigenvalue weighted by Crippen LogP contribution is -2.31. The maximum Gasteiger partial charge on any atom is 0.328 e. The van der Waals surface area contributed by atoms with Crippen LogP contribution in [0.2, 0.25) is 0 Å². The van der Waals surface area contributed by atoms with E-state index in [4.69, 9.17) is 11.1 Å². The molecule has 0 aliphatic carbocycles. The Hall–Kier alpha value is -5.91. The van der Waals surface area contributed by atoms with E-state index in [2.05, 4.69) is 21.3 Å². The molecule has 8 N–H and O–H groups in total. The number of amidine groups is 1. The van der Waals surface area contributed by atoms with Gasteiger partial charge in [0.05, 0.1) is 29.1 Å². The fraction of sp³-hybridized carbons (Fsp3) is 0.323. The molecule has 0 saturated heterocycles. The van der Waals surface area contributed by atoms with Gasteiger partial charge in [0, 0.05) is 65.7 Å². The minimum absolute atomic E-state index is 0. The Morgan fingerprint density at radius 1 is 0.760 bits per heavy atom. The Morgan fingerprint density at radius 2 is 1.26 bits per heavy atom. The molecular formula is C31H39ClFN11O6. The van der Waals surface area contributed by atoms with Gasteiger partial charge in [0.1, 0.15) is 17.1 Å². The van der Waals surface area contributed by atoms with Gasteiger partial charge in [0.2, 0.25) is 11.7 Å². The molecule has 0 atom stereocenters. The number of H-pyrrole nitrogens is 1. The standard InChI is InChI=1S/C31H38FN11O6.ClH/c1-40-15-19(12-22(40)28(46)35-9-8-25(33)34)37-30(48)24-13-20(16-42(24)3)38-29(47)23-11-18(14-41(23)2)36-26(44)7-5-4-6-10-43-17-21(32)27(45)39-31(43)49;/h11-17H,4-10H2,1-3H3,(H3,33,34)(H,35,46)(H,36,44)(H,37,48)(H,38,47)(H,39,45,49);1H. The number of anilines is 3. The van der Waals surface area contributed by atoms with Crippen molar-refractivity contribution in [2.24, 2.45) is 26.9 Å². The van der Waals surface area contributed by atoms with Crippen molar-refractivity contribution in [3.05, 3.63) is 86.7 Å². The number of nitrogens with one attached hydrogen (secondary N) is 6. The van der Waals surface area contributed by atoms with Crippen LogP contribution in [-0.4, -0.2) is 59.3 Å². The number of carbonyl (C=O) groups is 4. The van der Waals surface area contributed by atoms with Crippen molar-refractivity contribution >= 4 is 58.9 Å². The lowest BCUT2D eigenvalue weighted by Gasteiger charge is -2.05. The molecule has 17 nitrogen and oxygen atoms in total. The smallest absolute Gasteiger partial charge is 0.328 e. The van der Waals surface area contributed by atoms with E-state index in [-0.39, 0.29) is 67.4 Å². The van der Waals surface area contributed by atoms with Gasteiger partial charge < -0.3 is 40.7 Å². The van der Waals surface area contributed by atoms with E-state index in [1.165, 1.54) is 22.8 Å². The Balaban J connectivity index is 0.00000676. The molecule has 19 heteroatoms. The second-order valence-corrected chi connectivity index (χ2v) is 11.4. The van der Waals surface area contributed by atoms with Gasteiger partial charge in [-0.05, 0) is 31.0 Å². The number of hydrogen-bond donors (Lipinski definition) is 7. The SMILES string of the molecule is Cl.Cn1cc(NC(=O)c2cc(NC(=O)c3cc(NC(=O)CCCCCn4cc(F)c(=O)[nH]c4=O)cn3C)cn2C)cc1C(=O)NCCC(=N)N. The number of aryl methyl sites for hydroxylation is 4. The predicted octanol–water partition coefficient (Wildman–Crippen LogP) is 1.87. The lowest BCUT2D eigenvalue weighted by molar-refractivity contribution is -0.116. The number of nitrogens with two attached hydrogens (primary N) is 1. The maximum absolute atomic E-state index is 13.4. The van der Waals surface area contributed by atoms with Crippen molar-refractivity contribution in [3.63, 3.8) is 0 Å².